The van der Waals surface area contributed by atoms with E-state index in [-0.39, 0.29) is 4.08 Å². The van der Waals surface area contributed by atoms with E-state index in [1.54, 1.807) is 7.11 Å². The fourth-order valence-corrected chi connectivity index (χ4v) is 4.45. The van der Waals surface area contributed by atoms with Crippen molar-refractivity contribution in [2.75, 3.05) is 18.6 Å². The molecule has 14 heavy (non-hydrogen) atoms. The van der Waals surface area contributed by atoms with Gasteiger partial charge in [-0.15, -0.1) is 23.5 Å². The van der Waals surface area contributed by atoms with Crippen molar-refractivity contribution >= 4 is 23.5 Å². The molecule has 1 nitrogen and oxygen atoms in total. The van der Waals surface area contributed by atoms with E-state index in [9.17, 15) is 0 Å². The maximum Gasteiger partial charge on any atom is 0.119 e. The smallest absolute Gasteiger partial charge is 0.119 e. The van der Waals surface area contributed by atoms with Gasteiger partial charge >= 0.3 is 0 Å². The lowest BCUT2D eigenvalue weighted by atomic mass is 10.1. The van der Waals surface area contributed by atoms with E-state index in [0.717, 1.165) is 5.75 Å². The molecule has 1 aromatic rings. The zero-order valence-electron chi connectivity index (χ0n) is 8.45. The molecule has 76 valence electrons. The first-order valence-corrected chi connectivity index (χ1v) is 6.64. The Balaban J connectivity index is 2.30. The predicted octanol–water partition coefficient (Wildman–Crippen LogP) is 3.35. The molecule has 2 rings (SSSR count). The monoisotopic (exact) mass is 226 g/mol. The summed E-state index contributed by atoms with van der Waals surface area (Å²) < 4.78 is 5.47. The maximum atomic E-state index is 5.24. The predicted molar refractivity (Wildman–Crippen MR) is 65.3 cm³/mol. The Bertz CT molecular complexity index is 319. The van der Waals surface area contributed by atoms with Crippen molar-refractivity contribution in [3.63, 3.8) is 0 Å². The van der Waals surface area contributed by atoms with Crippen LogP contribution in [0.15, 0.2) is 24.3 Å². The lowest BCUT2D eigenvalue weighted by molar-refractivity contribution is 0.414. The molecule has 0 amide bonds. The molecule has 1 aliphatic heterocycles. The highest BCUT2D eigenvalue weighted by Crippen LogP contribution is 2.51. The van der Waals surface area contributed by atoms with Gasteiger partial charge in [-0.2, -0.15) is 0 Å². The Labute approximate surface area is 93.6 Å². The molecular formula is C11H14OS2. The lowest BCUT2D eigenvalue weighted by Gasteiger charge is -2.22. The molecule has 1 aromatic carbocycles. The number of thioether (sulfide) groups is 2. The van der Waals surface area contributed by atoms with Crippen LogP contribution in [0, 0.1) is 0 Å². The summed E-state index contributed by atoms with van der Waals surface area (Å²) in [5.74, 6) is 3.45. The Kier molecular flexibility index (Phi) is 2.98. The minimum Gasteiger partial charge on any atom is -0.497 e. The molecule has 0 aliphatic carbocycles. The standard InChI is InChI=1S/C11H14OS2/c1-11(13-6-7-14-11)9-4-3-5-10(8-9)12-2/h3-5,8H,6-7H2,1-2H3. The van der Waals surface area contributed by atoms with Crippen LogP contribution in [-0.4, -0.2) is 18.6 Å². The van der Waals surface area contributed by atoms with Crippen molar-refractivity contribution in [2.45, 2.75) is 11.0 Å². The van der Waals surface area contributed by atoms with E-state index in [1.807, 2.05) is 29.6 Å². The average Bonchev–Trinajstić information content (AvgIpc) is 2.67. The molecule has 0 bridgehead atoms. The van der Waals surface area contributed by atoms with Gasteiger partial charge in [-0.25, -0.2) is 0 Å². The highest BCUT2D eigenvalue weighted by atomic mass is 32.2. The second-order valence-electron chi connectivity index (χ2n) is 3.37. The molecule has 0 spiro atoms. The molecule has 1 fully saturated rings. The minimum atomic E-state index is 0.231. The fraction of sp³-hybridized carbons (Fsp3) is 0.455. The summed E-state index contributed by atoms with van der Waals surface area (Å²) in [6.07, 6.45) is 0. The van der Waals surface area contributed by atoms with Crippen molar-refractivity contribution in [2.24, 2.45) is 0 Å². The normalized spacial score (nSPS) is 19.6. The van der Waals surface area contributed by atoms with Crippen molar-refractivity contribution in [1.29, 1.82) is 0 Å². The summed E-state index contributed by atoms with van der Waals surface area (Å²) in [6.45, 7) is 2.30. The Morgan fingerprint density at radius 3 is 2.64 bits per heavy atom. The third kappa shape index (κ3) is 1.89. The van der Waals surface area contributed by atoms with Crippen molar-refractivity contribution < 1.29 is 4.74 Å². The fourth-order valence-electron chi connectivity index (χ4n) is 1.59. The van der Waals surface area contributed by atoms with Crippen LogP contribution in [0.25, 0.3) is 0 Å². The molecule has 1 aliphatic rings. The van der Waals surface area contributed by atoms with Gasteiger partial charge in [0.05, 0.1) is 11.2 Å². The number of hydrogen-bond donors (Lipinski definition) is 0. The maximum absolute atomic E-state index is 5.24. The quantitative estimate of drug-likeness (QED) is 0.765. The number of hydrogen-bond acceptors (Lipinski definition) is 3. The van der Waals surface area contributed by atoms with Crippen molar-refractivity contribution in [1.82, 2.24) is 0 Å². The summed E-state index contributed by atoms with van der Waals surface area (Å²) in [6, 6.07) is 8.40. The van der Waals surface area contributed by atoms with Crippen molar-refractivity contribution in [3.8, 4) is 5.75 Å². The van der Waals surface area contributed by atoms with E-state index in [0.29, 0.717) is 0 Å². The van der Waals surface area contributed by atoms with Gasteiger partial charge in [-0.3, -0.25) is 0 Å². The molecular weight excluding hydrogens is 212 g/mol. The van der Waals surface area contributed by atoms with E-state index < -0.39 is 0 Å². The number of methoxy groups -OCH3 is 1. The van der Waals surface area contributed by atoms with Gasteiger partial charge in [0.25, 0.3) is 0 Å². The van der Waals surface area contributed by atoms with Crippen LogP contribution in [0.5, 0.6) is 5.75 Å². The van der Waals surface area contributed by atoms with Gasteiger partial charge in [0.1, 0.15) is 5.75 Å². The van der Waals surface area contributed by atoms with Crippen molar-refractivity contribution in [3.05, 3.63) is 29.8 Å². The highest BCUT2D eigenvalue weighted by Gasteiger charge is 2.32. The van der Waals surface area contributed by atoms with Gasteiger partial charge in [0, 0.05) is 11.5 Å². The zero-order valence-corrected chi connectivity index (χ0v) is 10.1. The van der Waals surface area contributed by atoms with Crippen LogP contribution < -0.4 is 4.74 Å². The lowest BCUT2D eigenvalue weighted by Crippen LogP contribution is -2.08. The van der Waals surface area contributed by atoms with Crippen LogP contribution in [-0.2, 0) is 4.08 Å². The minimum absolute atomic E-state index is 0.231. The topological polar surface area (TPSA) is 9.23 Å². The number of rotatable bonds is 2. The molecule has 0 atom stereocenters. The van der Waals surface area contributed by atoms with Gasteiger partial charge in [0.15, 0.2) is 0 Å². The van der Waals surface area contributed by atoms with Gasteiger partial charge in [-0.05, 0) is 24.6 Å². The third-order valence-corrected chi connectivity index (χ3v) is 5.79. The summed E-state index contributed by atoms with van der Waals surface area (Å²) in [7, 11) is 1.72. The highest BCUT2D eigenvalue weighted by molar-refractivity contribution is 8.20. The number of ether oxygens (including phenoxy) is 1. The summed E-state index contributed by atoms with van der Waals surface area (Å²) in [4.78, 5) is 0. The molecule has 0 saturated carbocycles. The molecule has 0 aromatic heterocycles. The Hall–Kier alpha value is -0.280. The van der Waals surface area contributed by atoms with E-state index in [2.05, 4.69) is 25.1 Å². The van der Waals surface area contributed by atoms with Crippen LogP contribution >= 0.6 is 23.5 Å². The van der Waals surface area contributed by atoms with E-state index >= 15 is 0 Å². The summed E-state index contributed by atoms with van der Waals surface area (Å²) >= 11 is 4.05. The first-order chi connectivity index (χ1) is 6.74. The molecule has 1 heterocycles. The van der Waals surface area contributed by atoms with Gasteiger partial charge in [0.2, 0.25) is 0 Å². The average molecular weight is 226 g/mol. The Morgan fingerprint density at radius 2 is 2.00 bits per heavy atom. The van der Waals surface area contributed by atoms with Crippen LogP contribution in [0.4, 0.5) is 0 Å². The molecule has 3 heteroatoms. The van der Waals surface area contributed by atoms with E-state index in [4.69, 9.17) is 4.74 Å². The Morgan fingerprint density at radius 1 is 1.29 bits per heavy atom. The summed E-state index contributed by atoms with van der Waals surface area (Å²) in [5.41, 5.74) is 1.37. The van der Waals surface area contributed by atoms with Gasteiger partial charge in [-0.1, -0.05) is 12.1 Å². The second kappa shape index (κ2) is 4.07. The zero-order chi connectivity index (χ0) is 10.0. The largest absolute Gasteiger partial charge is 0.497 e. The molecule has 0 unspecified atom stereocenters. The third-order valence-electron chi connectivity index (χ3n) is 2.43. The number of benzene rings is 1. The first kappa shape index (κ1) is 10.2. The van der Waals surface area contributed by atoms with Crippen LogP contribution in [0.2, 0.25) is 0 Å². The van der Waals surface area contributed by atoms with Gasteiger partial charge < -0.3 is 4.74 Å². The van der Waals surface area contributed by atoms with E-state index in [1.165, 1.54) is 17.1 Å². The second-order valence-corrected chi connectivity index (χ2v) is 6.66. The summed E-state index contributed by atoms with van der Waals surface area (Å²) in [5, 5.41) is 0. The molecule has 0 N–H and O–H groups in total. The molecule has 1 saturated heterocycles. The van der Waals surface area contributed by atoms with Crippen LogP contribution in [0.1, 0.15) is 12.5 Å². The first-order valence-electron chi connectivity index (χ1n) is 4.67. The van der Waals surface area contributed by atoms with Crippen LogP contribution in [0.3, 0.4) is 0 Å². The molecule has 0 radical (unpaired) electrons. The SMILES string of the molecule is COc1cccc(C2(C)SCCS2)c1.